The fraction of sp³-hybridized carbons (Fsp3) is 0.417. The second kappa shape index (κ2) is 3.79. The minimum Gasteiger partial charge on any atom is -0.351 e. The first-order chi connectivity index (χ1) is 7.59. The van der Waals surface area contributed by atoms with Crippen molar-refractivity contribution in [1.29, 1.82) is 0 Å². The van der Waals surface area contributed by atoms with Gasteiger partial charge in [0.15, 0.2) is 0 Å². The Bertz CT molecular complexity index is 412. The van der Waals surface area contributed by atoms with Gasteiger partial charge in [0.25, 0.3) is 0 Å². The highest BCUT2D eigenvalue weighted by Crippen LogP contribution is 2.47. The third kappa shape index (κ3) is 1.76. The van der Waals surface area contributed by atoms with Crippen molar-refractivity contribution in [2.24, 2.45) is 11.5 Å². The number of nitrogens with zero attached hydrogens (tertiary/aromatic N) is 1. The van der Waals surface area contributed by atoms with E-state index >= 15 is 0 Å². The highest BCUT2D eigenvalue weighted by Gasteiger charge is 2.42. The van der Waals surface area contributed by atoms with Crippen LogP contribution in [0.2, 0.25) is 0 Å². The van der Waals surface area contributed by atoms with Gasteiger partial charge in [-0.15, -0.1) is 0 Å². The zero-order valence-electron chi connectivity index (χ0n) is 9.44. The van der Waals surface area contributed by atoms with Gasteiger partial charge in [-0.25, -0.2) is 4.79 Å². The molecular weight excluding hydrogens is 202 g/mol. The average molecular weight is 219 g/mol. The summed E-state index contributed by atoms with van der Waals surface area (Å²) >= 11 is 0. The quantitative estimate of drug-likeness (QED) is 0.801. The van der Waals surface area contributed by atoms with Crippen molar-refractivity contribution in [3.63, 3.8) is 0 Å². The van der Waals surface area contributed by atoms with Gasteiger partial charge in [0, 0.05) is 24.7 Å². The highest BCUT2D eigenvalue weighted by atomic mass is 16.2. The summed E-state index contributed by atoms with van der Waals surface area (Å²) in [6.07, 6.45) is 2.26. The molecule has 1 saturated carbocycles. The van der Waals surface area contributed by atoms with Crippen LogP contribution in [0.5, 0.6) is 0 Å². The molecule has 0 spiro atoms. The van der Waals surface area contributed by atoms with Crippen LogP contribution in [0.15, 0.2) is 24.3 Å². The Morgan fingerprint density at radius 2 is 2.19 bits per heavy atom. The van der Waals surface area contributed by atoms with Crippen molar-refractivity contribution in [3.05, 3.63) is 29.8 Å². The van der Waals surface area contributed by atoms with Gasteiger partial charge in [-0.2, -0.15) is 0 Å². The van der Waals surface area contributed by atoms with Crippen LogP contribution in [0.3, 0.4) is 0 Å². The number of anilines is 1. The minimum absolute atomic E-state index is 0.147. The Morgan fingerprint density at radius 3 is 2.69 bits per heavy atom. The summed E-state index contributed by atoms with van der Waals surface area (Å²) in [5.74, 6) is 0. The predicted octanol–water partition coefficient (Wildman–Crippen LogP) is 1.19. The molecule has 0 saturated heterocycles. The van der Waals surface area contributed by atoms with Crippen LogP contribution in [0.4, 0.5) is 10.5 Å². The smallest absolute Gasteiger partial charge is 0.318 e. The molecule has 1 aromatic carbocycles. The Kier molecular flexibility index (Phi) is 2.59. The molecule has 0 aromatic heterocycles. The van der Waals surface area contributed by atoms with Crippen LogP contribution in [0.1, 0.15) is 18.4 Å². The van der Waals surface area contributed by atoms with E-state index < -0.39 is 6.03 Å². The first kappa shape index (κ1) is 11.0. The number of nitrogens with two attached hydrogens (primary N) is 2. The lowest BCUT2D eigenvalue weighted by molar-refractivity contribution is 0.255. The van der Waals surface area contributed by atoms with E-state index in [1.165, 1.54) is 10.5 Å². The zero-order valence-corrected chi connectivity index (χ0v) is 9.44. The number of rotatable bonds is 3. The van der Waals surface area contributed by atoms with Gasteiger partial charge >= 0.3 is 6.03 Å². The molecule has 0 heterocycles. The van der Waals surface area contributed by atoms with E-state index in [0.717, 1.165) is 18.5 Å². The first-order valence-electron chi connectivity index (χ1n) is 5.43. The summed E-state index contributed by atoms with van der Waals surface area (Å²) in [6.45, 7) is 0.663. The summed E-state index contributed by atoms with van der Waals surface area (Å²) < 4.78 is 0. The van der Waals surface area contributed by atoms with Crippen LogP contribution in [-0.2, 0) is 5.41 Å². The van der Waals surface area contributed by atoms with Crippen molar-refractivity contribution in [3.8, 4) is 0 Å². The maximum atomic E-state index is 11.1. The Labute approximate surface area is 95.2 Å². The van der Waals surface area contributed by atoms with Crippen LogP contribution < -0.4 is 16.4 Å². The lowest BCUT2D eigenvalue weighted by atomic mass is 9.96. The maximum Gasteiger partial charge on any atom is 0.318 e. The Balaban J connectivity index is 2.30. The molecule has 16 heavy (non-hydrogen) atoms. The second-order valence-electron chi connectivity index (χ2n) is 4.43. The maximum absolute atomic E-state index is 11.1. The molecule has 86 valence electrons. The molecule has 0 bridgehead atoms. The highest BCUT2D eigenvalue weighted by molar-refractivity contribution is 5.90. The third-order valence-corrected chi connectivity index (χ3v) is 3.42. The number of carbonyl (C=O) groups excluding carboxylic acids is 1. The van der Waals surface area contributed by atoms with Gasteiger partial charge in [0.2, 0.25) is 0 Å². The standard InChI is InChI=1S/C12H17N3O/c1-15(11(14)16)10-4-2-3-9(7-10)12(8-13)5-6-12/h2-4,7H,5-6,8,13H2,1H3,(H2,14,16). The lowest BCUT2D eigenvalue weighted by Gasteiger charge is -2.18. The summed E-state index contributed by atoms with van der Waals surface area (Å²) in [5, 5.41) is 0. The van der Waals surface area contributed by atoms with E-state index in [1.54, 1.807) is 7.05 Å². The first-order valence-corrected chi connectivity index (χ1v) is 5.43. The summed E-state index contributed by atoms with van der Waals surface area (Å²) in [7, 11) is 1.67. The van der Waals surface area contributed by atoms with Gasteiger partial charge in [0.05, 0.1) is 0 Å². The van der Waals surface area contributed by atoms with Gasteiger partial charge in [-0.05, 0) is 30.5 Å². The minimum atomic E-state index is -0.449. The van der Waals surface area contributed by atoms with E-state index in [-0.39, 0.29) is 5.41 Å². The molecule has 2 rings (SSSR count). The van der Waals surface area contributed by atoms with Crippen molar-refractivity contribution in [2.75, 3.05) is 18.5 Å². The number of primary amides is 1. The van der Waals surface area contributed by atoms with E-state index in [9.17, 15) is 4.79 Å². The van der Waals surface area contributed by atoms with Crippen LogP contribution >= 0.6 is 0 Å². The molecule has 1 aliphatic carbocycles. The molecule has 4 N–H and O–H groups in total. The number of amides is 2. The molecule has 0 radical (unpaired) electrons. The van der Waals surface area contributed by atoms with Crippen molar-refractivity contribution in [2.45, 2.75) is 18.3 Å². The van der Waals surface area contributed by atoms with Crippen LogP contribution in [-0.4, -0.2) is 19.6 Å². The normalized spacial score (nSPS) is 16.9. The number of hydrogen-bond acceptors (Lipinski definition) is 2. The van der Waals surface area contributed by atoms with E-state index in [0.29, 0.717) is 6.54 Å². The number of benzene rings is 1. The van der Waals surface area contributed by atoms with Gasteiger partial charge in [0.1, 0.15) is 0 Å². The van der Waals surface area contributed by atoms with Gasteiger partial charge < -0.3 is 11.5 Å². The fourth-order valence-electron chi connectivity index (χ4n) is 1.93. The molecule has 1 aromatic rings. The molecular formula is C12H17N3O. The lowest BCUT2D eigenvalue weighted by Crippen LogP contribution is -2.32. The summed E-state index contributed by atoms with van der Waals surface area (Å²) in [5.41, 5.74) is 13.2. The van der Waals surface area contributed by atoms with E-state index in [4.69, 9.17) is 11.5 Å². The average Bonchev–Trinajstić information content (AvgIpc) is 3.09. The summed E-state index contributed by atoms with van der Waals surface area (Å²) in [6, 6.07) is 7.44. The van der Waals surface area contributed by atoms with Crippen molar-refractivity contribution >= 4 is 11.7 Å². The molecule has 4 nitrogen and oxygen atoms in total. The summed E-state index contributed by atoms with van der Waals surface area (Å²) in [4.78, 5) is 12.5. The van der Waals surface area contributed by atoms with Crippen LogP contribution in [0.25, 0.3) is 0 Å². The number of carbonyl (C=O) groups is 1. The second-order valence-corrected chi connectivity index (χ2v) is 4.43. The topological polar surface area (TPSA) is 72.3 Å². The molecule has 0 aliphatic heterocycles. The van der Waals surface area contributed by atoms with Crippen molar-refractivity contribution in [1.82, 2.24) is 0 Å². The number of hydrogen-bond donors (Lipinski definition) is 2. The van der Waals surface area contributed by atoms with Gasteiger partial charge in [-0.1, -0.05) is 12.1 Å². The molecule has 1 aliphatic rings. The number of urea groups is 1. The zero-order chi connectivity index (χ0) is 11.8. The SMILES string of the molecule is CN(C(N)=O)c1cccc(C2(CN)CC2)c1. The van der Waals surface area contributed by atoms with Crippen LogP contribution in [0, 0.1) is 0 Å². The molecule has 0 unspecified atom stereocenters. The largest absolute Gasteiger partial charge is 0.351 e. The Hall–Kier alpha value is -1.55. The monoisotopic (exact) mass is 219 g/mol. The molecule has 2 amide bonds. The van der Waals surface area contributed by atoms with E-state index in [1.807, 2.05) is 18.2 Å². The fourth-order valence-corrected chi connectivity index (χ4v) is 1.93. The Morgan fingerprint density at radius 1 is 1.50 bits per heavy atom. The molecule has 0 atom stereocenters. The van der Waals surface area contributed by atoms with E-state index in [2.05, 4.69) is 6.07 Å². The van der Waals surface area contributed by atoms with Gasteiger partial charge in [-0.3, -0.25) is 4.90 Å². The van der Waals surface area contributed by atoms with Crippen molar-refractivity contribution < 1.29 is 4.79 Å². The third-order valence-electron chi connectivity index (χ3n) is 3.42. The predicted molar refractivity (Wildman–Crippen MR) is 64.4 cm³/mol. The molecule has 1 fully saturated rings. The molecule has 4 heteroatoms.